The maximum atomic E-state index is 4.55. The number of aromatic nitrogens is 2. The first kappa shape index (κ1) is 9.60. The van der Waals surface area contributed by atoms with E-state index in [0.717, 1.165) is 26.9 Å². The molecule has 3 heteroatoms. The molecule has 0 aliphatic heterocycles. The number of para-hydroxylation sites is 2. The normalized spacial score (nSPS) is 10.8. The van der Waals surface area contributed by atoms with E-state index in [1.54, 1.807) is 0 Å². The van der Waals surface area contributed by atoms with Crippen LogP contribution >= 0.6 is 15.9 Å². The van der Waals surface area contributed by atoms with Crippen LogP contribution in [0.2, 0.25) is 0 Å². The molecule has 0 saturated carbocycles. The molecule has 2 nitrogen and oxygen atoms in total. The average Bonchev–Trinajstić information content (AvgIpc) is 2.72. The van der Waals surface area contributed by atoms with Crippen molar-refractivity contribution in [2.45, 2.75) is 0 Å². The van der Waals surface area contributed by atoms with Crippen LogP contribution in [-0.4, -0.2) is 9.97 Å². The van der Waals surface area contributed by atoms with E-state index in [9.17, 15) is 0 Å². The van der Waals surface area contributed by atoms with Crippen molar-refractivity contribution < 1.29 is 0 Å². The molecule has 16 heavy (non-hydrogen) atoms. The Kier molecular flexibility index (Phi) is 2.26. The first-order chi connectivity index (χ1) is 7.83. The molecule has 0 bridgehead atoms. The Hall–Kier alpha value is -1.61. The van der Waals surface area contributed by atoms with Crippen molar-refractivity contribution in [2.75, 3.05) is 0 Å². The van der Waals surface area contributed by atoms with Gasteiger partial charge in [0.15, 0.2) is 0 Å². The van der Waals surface area contributed by atoms with Gasteiger partial charge in [0.2, 0.25) is 0 Å². The van der Waals surface area contributed by atoms with Crippen molar-refractivity contribution >= 4 is 27.0 Å². The number of benzene rings is 2. The second-order valence-electron chi connectivity index (χ2n) is 3.61. The van der Waals surface area contributed by atoms with E-state index in [0.29, 0.717) is 0 Å². The number of imidazole rings is 1. The summed E-state index contributed by atoms with van der Waals surface area (Å²) in [6.45, 7) is 0. The predicted molar refractivity (Wildman–Crippen MR) is 69.2 cm³/mol. The van der Waals surface area contributed by atoms with Crippen molar-refractivity contribution in [1.82, 2.24) is 9.97 Å². The van der Waals surface area contributed by atoms with Crippen LogP contribution in [0.3, 0.4) is 0 Å². The minimum absolute atomic E-state index is 0.905. The van der Waals surface area contributed by atoms with Crippen LogP contribution in [0, 0.1) is 0 Å². The Balaban J connectivity index is 2.19. The van der Waals surface area contributed by atoms with Gasteiger partial charge in [-0.2, -0.15) is 0 Å². The van der Waals surface area contributed by atoms with Crippen LogP contribution in [0.4, 0.5) is 0 Å². The van der Waals surface area contributed by atoms with Gasteiger partial charge in [-0.1, -0.05) is 40.2 Å². The van der Waals surface area contributed by atoms with Crippen molar-refractivity contribution in [2.24, 2.45) is 0 Å². The van der Waals surface area contributed by atoms with Crippen molar-refractivity contribution in [3.63, 3.8) is 0 Å². The first-order valence-corrected chi connectivity index (χ1v) is 5.83. The minimum Gasteiger partial charge on any atom is -0.338 e. The zero-order valence-electron chi connectivity index (χ0n) is 8.44. The molecule has 0 atom stereocenters. The third-order valence-corrected chi connectivity index (χ3v) is 2.98. The number of halogens is 1. The highest BCUT2D eigenvalue weighted by Crippen LogP contribution is 2.22. The fourth-order valence-corrected chi connectivity index (χ4v) is 2.12. The fraction of sp³-hybridized carbons (Fsp3) is 0. The molecule has 0 radical (unpaired) electrons. The van der Waals surface area contributed by atoms with E-state index in [2.05, 4.69) is 32.0 Å². The lowest BCUT2D eigenvalue weighted by molar-refractivity contribution is 1.33. The number of nitrogens with one attached hydrogen (secondary N) is 1. The van der Waals surface area contributed by atoms with Gasteiger partial charge in [0, 0.05) is 10.0 Å². The van der Waals surface area contributed by atoms with Crippen molar-refractivity contribution in [3.8, 4) is 11.4 Å². The summed E-state index contributed by atoms with van der Waals surface area (Å²) in [7, 11) is 0. The molecule has 1 aromatic heterocycles. The summed E-state index contributed by atoms with van der Waals surface area (Å²) in [5.74, 6) is 0.905. The van der Waals surface area contributed by atoms with Crippen LogP contribution in [0.15, 0.2) is 53.0 Å². The Morgan fingerprint density at radius 3 is 2.69 bits per heavy atom. The first-order valence-electron chi connectivity index (χ1n) is 5.03. The lowest BCUT2D eigenvalue weighted by atomic mass is 10.2. The molecule has 0 unspecified atom stereocenters. The molecular formula is C13H9BrN2. The summed E-state index contributed by atoms with van der Waals surface area (Å²) in [6, 6.07) is 16.1. The van der Waals surface area contributed by atoms with Gasteiger partial charge in [0.1, 0.15) is 5.82 Å². The Morgan fingerprint density at radius 2 is 1.88 bits per heavy atom. The van der Waals surface area contributed by atoms with Gasteiger partial charge in [0.05, 0.1) is 11.0 Å². The van der Waals surface area contributed by atoms with Gasteiger partial charge in [-0.15, -0.1) is 0 Å². The molecule has 3 rings (SSSR count). The third-order valence-electron chi connectivity index (χ3n) is 2.49. The molecule has 0 saturated heterocycles. The van der Waals surface area contributed by atoms with E-state index in [-0.39, 0.29) is 0 Å². The topological polar surface area (TPSA) is 28.7 Å². The van der Waals surface area contributed by atoms with E-state index in [1.807, 2.05) is 42.5 Å². The molecule has 0 spiro atoms. The molecule has 0 aliphatic carbocycles. The number of nitrogens with zero attached hydrogens (tertiary/aromatic N) is 1. The van der Waals surface area contributed by atoms with Crippen LogP contribution < -0.4 is 0 Å². The highest BCUT2D eigenvalue weighted by molar-refractivity contribution is 9.10. The quantitative estimate of drug-likeness (QED) is 0.713. The predicted octanol–water partition coefficient (Wildman–Crippen LogP) is 3.99. The Labute approximate surface area is 101 Å². The summed E-state index contributed by atoms with van der Waals surface area (Å²) in [6.07, 6.45) is 0. The van der Waals surface area contributed by atoms with Crippen molar-refractivity contribution in [1.29, 1.82) is 0 Å². The lowest BCUT2D eigenvalue weighted by Gasteiger charge is -1.96. The number of fused-ring (bicyclic) bond motifs is 1. The van der Waals surface area contributed by atoms with E-state index in [4.69, 9.17) is 0 Å². The standard InChI is InChI=1S/C13H9BrN2/c14-10-5-3-4-9(8-10)13-15-11-6-1-2-7-12(11)16-13/h1-8H,(H,15,16). The van der Waals surface area contributed by atoms with Gasteiger partial charge < -0.3 is 4.98 Å². The second kappa shape index (κ2) is 3.76. The van der Waals surface area contributed by atoms with Gasteiger partial charge in [0.25, 0.3) is 0 Å². The summed E-state index contributed by atoms with van der Waals surface area (Å²) in [4.78, 5) is 7.85. The smallest absolute Gasteiger partial charge is 0.138 e. The van der Waals surface area contributed by atoms with Crippen LogP contribution in [0.5, 0.6) is 0 Å². The monoisotopic (exact) mass is 272 g/mol. The molecule has 0 fully saturated rings. The molecule has 0 amide bonds. The number of H-pyrrole nitrogens is 1. The van der Waals surface area contributed by atoms with Crippen molar-refractivity contribution in [3.05, 3.63) is 53.0 Å². The summed E-state index contributed by atoms with van der Waals surface area (Å²) in [5, 5.41) is 0. The molecule has 78 valence electrons. The second-order valence-corrected chi connectivity index (χ2v) is 4.53. The van der Waals surface area contributed by atoms with E-state index in [1.165, 1.54) is 0 Å². The molecule has 0 aliphatic rings. The minimum atomic E-state index is 0.905. The van der Waals surface area contributed by atoms with Gasteiger partial charge in [-0.05, 0) is 24.3 Å². The molecular weight excluding hydrogens is 264 g/mol. The maximum absolute atomic E-state index is 4.55. The zero-order chi connectivity index (χ0) is 11.0. The van der Waals surface area contributed by atoms with Gasteiger partial charge >= 0.3 is 0 Å². The highest BCUT2D eigenvalue weighted by atomic mass is 79.9. The molecule has 1 N–H and O–H groups in total. The number of aromatic amines is 1. The number of hydrogen-bond donors (Lipinski definition) is 1. The fourth-order valence-electron chi connectivity index (χ4n) is 1.73. The molecule has 3 aromatic rings. The van der Waals surface area contributed by atoms with Crippen LogP contribution in [0.1, 0.15) is 0 Å². The lowest BCUT2D eigenvalue weighted by Crippen LogP contribution is -1.79. The third kappa shape index (κ3) is 1.63. The Bertz CT molecular complexity index is 610. The van der Waals surface area contributed by atoms with E-state index < -0.39 is 0 Å². The zero-order valence-corrected chi connectivity index (χ0v) is 10.0. The van der Waals surface area contributed by atoms with E-state index >= 15 is 0 Å². The summed E-state index contributed by atoms with van der Waals surface area (Å²) < 4.78 is 1.06. The number of rotatable bonds is 1. The highest BCUT2D eigenvalue weighted by Gasteiger charge is 2.04. The molecule has 2 aromatic carbocycles. The molecule has 1 heterocycles. The Morgan fingerprint density at radius 1 is 1.00 bits per heavy atom. The van der Waals surface area contributed by atoms with Crippen LogP contribution in [0.25, 0.3) is 22.4 Å². The summed E-state index contributed by atoms with van der Waals surface area (Å²) >= 11 is 3.46. The summed E-state index contributed by atoms with van der Waals surface area (Å²) in [5.41, 5.74) is 3.15. The largest absolute Gasteiger partial charge is 0.338 e. The van der Waals surface area contributed by atoms with Crippen LogP contribution in [-0.2, 0) is 0 Å². The average molecular weight is 273 g/mol. The SMILES string of the molecule is Brc1cccc(-c2nc3ccccc3[nH]2)c1. The number of hydrogen-bond acceptors (Lipinski definition) is 1. The maximum Gasteiger partial charge on any atom is 0.138 e. The van der Waals surface area contributed by atoms with Gasteiger partial charge in [-0.3, -0.25) is 0 Å². The van der Waals surface area contributed by atoms with Gasteiger partial charge in [-0.25, -0.2) is 4.98 Å².